The van der Waals surface area contributed by atoms with Gasteiger partial charge in [0.2, 0.25) is 0 Å². The topological polar surface area (TPSA) is 93.0 Å². The van der Waals surface area contributed by atoms with Crippen molar-refractivity contribution in [1.29, 1.82) is 0 Å². The molecule has 0 fully saturated rings. The molecule has 0 amide bonds. The number of fused-ring (bicyclic) bond motifs is 1. The van der Waals surface area contributed by atoms with E-state index in [4.69, 9.17) is 9.72 Å². The number of nitrogens with zero attached hydrogens (tertiary/aromatic N) is 5. The average Bonchev–Trinajstić information content (AvgIpc) is 3.64. The number of nitrogens with one attached hydrogen (secondary N) is 2. The zero-order chi connectivity index (χ0) is 22.7. The fourth-order valence-electron chi connectivity index (χ4n) is 4.00. The molecule has 0 saturated heterocycles. The molecule has 6 rings (SSSR count). The molecule has 5 aromatic rings. The highest BCUT2D eigenvalue weighted by Gasteiger charge is 2.11. The van der Waals surface area contributed by atoms with Crippen molar-refractivity contribution in [1.82, 2.24) is 30.3 Å². The predicted octanol–water partition coefficient (Wildman–Crippen LogP) is 4.22. The van der Waals surface area contributed by atoms with Crippen molar-refractivity contribution in [3.63, 3.8) is 0 Å². The minimum atomic E-state index is 0. The summed E-state index contributed by atoms with van der Waals surface area (Å²) in [6.45, 7) is 2.76. The molecule has 9 heteroatoms. The zero-order valence-corrected chi connectivity index (χ0v) is 19.7. The van der Waals surface area contributed by atoms with Crippen molar-refractivity contribution >= 4 is 29.3 Å². The molecule has 1 aliphatic rings. The lowest BCUT2D eigenvalue weighted by Gasteiger charge is -2.04. The number of H-pyrrole nitrogens is 1. The molecule has 0 spiro atoms. The summed E-state index contributed by atoms with van der Waals surface area (Å²) in [4.78, 5) is 12.6. The third kappa shape index (κ3) is 5.02. The summed E-state index contributed by atoms with van der Waals surface area (Å²) in [6, 6.07) is 24.2. The molecule has 0 saturated carbocycles. The third-order valence-electron chi connectivity index (χ3n) is 5.72. The van der Waals surface area contributed by atoms with Crippen LogP contribution in [0.2, 0.25) is 0 Å². The highest BCUT2D eigenvalue weighted by Crippen LogP contribution is 2.24. The number of aromatic amines is 1. The summed E-state index contributed by atoms with van der Waals surface area (Å²) in [5, 5.41) is 11.7. The molecule has 35 heavy (non-hydrogen) atoms. The first kappa shape index (κ1) is 22.6. The normalized spacial score (nSPS) is 12.7. The molecule has 0 radical (unpaired) electrons. The lowest BCUT2D eigenvalue weighted by atomic mass is 10.2. The van der Waals surface area contributed by atoms with Gasteiger partial charge in [-0.2, -0.15) is 0 Å². The van der Waals surface area contributed by atoms with Crippen molar-refractivity contribution in [3.05, 3.63) is 95.8 Å². The molecule has 3 aromatic carbocycles. The van der Waals surface area contributed by atoms with Gasteiger partial charge in [-0.3, -0.25) is 4.99 Å². The largest absolute Gasteiger partial charge is 0.487 e. The van der Waals surface area contributed by atoms with Gasteiger partial charge in [-0.25, -0.2) is 9.67 Å². The van der Waals surface area contributed by atoms with E-state index in [1.54, 1.807) is 0 Å². The average molecular weight is 486 g/mol. The van der Waals surface area contributed by atoms with Crippen LogP contribution in [0.1, 0.15) is 16.8 Å². The first-order valence-electron chi connectivity index (χ1n) is 11.2. The number of halogens is 1. The van der Waals surface area contributed by atoms with Gasteiger partial charge in [-0.15, -0.1) is 17.5 Å². The number of aromatic nitrogens is 5. The van der Waals surface area contributed by atoms with Crippen molar-refractivity contribution in [2.24, 2.45) is 4.99 Å². The molecular weight excluding hydrogens is 462 g/mol. The van der Waals surface area contributed by atoms with E-state index >= 15 is 0 Å². The number of amidine groups is 1. The summed E-state index contributed by atoms with van der Waals surface area (Å²) in [7, 11) is 0. The van der Waals surface area contributed by atoms with Crippen LogP contribution >= 0.6 is 12.4 Å². The Kier molecular flexibility index (Phi) is 6.45. The van der Waals surface area contributed by atoms with Crippen LogP contribution in [0.5, 0.6) is 5.75 Å². The predicted molar refractivity (Wildman–Crippen MR) is 138 cm³/mol. The van der Waals surface area contributed by atoms with Crippen LogP contribution in [0, 0.1) is 0 Å². The third-order valence-corrected chi connectivity index (χ3v) is 5.72. The number of hydrogen-bond acceptors (Lipinski definition) is 6. The number of ether oxygens (including phenoxy) is 1. The minimum absolute atomic E-state index is 0. The second-order valence-electron chi connectivity index (χ2n) is 8.18. The maximum Gasteiger partial charge on any atom is 0.138 e. The van der Waals surface area contributed by atoms with Gasteiger partial charge < -0.3 is 15.0 Å². The van der Waals surface area contributed by atoms with Gasteiger partial charge in [-0.1, -0.05) is 35.5 Å². The monoisotopic (exact) mass is 485 g/mol. The SMILES string of the molecule is Cl.c1ccc(Cn2cc(COc3ccc(-c4nc5ccc(C6=NCCN6)cc5[nH]4)cc3)nn2)cc1. The first-order chi connectivity index (χ1) is 16.8. The summed E-state index contributed by atoms with van der Waals surface area (Å²) in [5.41, 5.74) is 5.95. The van der Waals surface area contributed by atoms with Crippen LogP contribution in [0.25, 0.3) is 22.4 Å². The van der Waals surface area contributed by atoms with E-state index in [-0.39, 0.29) is 12.4 Å². The maximum atomic E-state index is 5.91. The Hall–Kier alpha value is -4.17. The number of benzene rings is 3. The fraction of sp³-hybridized carbons (Fsp3) is 0.154. The van der Waals surface area contributed by atoms with Crippen LogP contribution in [-0.2, 0) is 13.2 Å². The Morgan fingerprint density at radius 3 is 2.57 bits per heavy atom. The van der Waals surface area contributed by atoms with Crippen molar-refractivity contribution in [2.45, 2.75) is 13.2 Å². The van der Waals surface area contributed by atoms with Crippen LogP contribution < -0.4 is 10.1 Å². The van der Waals surface area contributed by atoms with E-state index in [9.17, 15) is 0 Å². The molecule has 176 valence electrons. The number of aliphatic imine (C=N–C) groups is 1. The maximum absolute atomic E-state index is 5.91. The Labute approximate surface area is 208 Å². The summed E-state index contributed by atoms with van der Waals surface area (Å²) in [6.07, 6.45) is 1.91. The molecule has 0 atom stereocenters. The molecule has 2 aromatic heterocycles. The molecule has 0 unspecified atom stereocenters. The lowest BCUT2D eigenvalue weighted by Crippen LogP contribution is -2.19. The van der Waals surface area contributed by atoms with Gasteiger partial charge in [0.1, 0.15) is 29.7 Å². The fourth-order valence-corrected chi connectivity index (χ4v) is 4.00. The smallest absolute Gasteiger partial charge is 0.138 e. The zero-order valence-electron chi connectivity index (χ0n) is 18.9. The van der Waals surface area contributed by atoms with E-state index in [0.29, 0.717) is 13.2 Å². The molecular formula is C26H24ClN7O. The van der Waals surface area contributed by atoms with E-state index < -0.39 is 0 Å². The lowest BCUT2D eigenvalue weighted by molar-refractivity contribution is 0.301. The Morgan fingerprint density at radius 2 is 1.77 bits per heavy atom. The second-order valence-corrected chi connectivity index (χ2v) is 8.18. The molecule has 0 aliphatic carbocycles. The minimum Gasteiger partial charge on any atom is -0.487 e. The Morgan fingerprint density at radius 1 is 0.943 bits per heavy atom. The van der Waals surface area contributed by atoms with Crippen LogP contribution in [0.4, 0.5) is 0 Å². The second kappa shape index (κ2) is 9.99. The van der Waals surface area contributed by atoms with E-state index in [1.165, 1.54) is 5.56 Å². The summed E-state index contributed by atoms with van der Waals surface area (Å²) < 4.78 is 7.73. The van der Waals surface area contributed by atoms with Crippen molar-refractivity contribution < 1.29 is 4.74 Å². The quantitative estimate of drug-likeness (QED) is 0.360. The highest BCUT2D eigenvalue weighted by atomic mass is 35.5. The highest BCUT2D eigenvalue weighted by molar-refractivity contribution is 6.02. The van der Waals surface area contributed by atoms with Gasteiger partial charge >= 0.3 is 0 Å². The molecule has 1 aliphatic heterocycles. The van der Waals surface area contributed by atoms with Crippen molar-refractivity contribution in [2.75, 3.05) is 13.1 Å². The van der Waals surface area contributed by atoms with E-state index in [0.717, 1.165) is 58.4 Å². The summed E-state index contributed by atoms with van der Waals surface area (Å²) in [5.74, 6) is 2.54. The Bertz CT molecular complexity index is 1460. The van der Waals surface area contributed by atoms with E-state index in [2.05, 4.69) is 49.9 Å². The van der Waals surface area contributed by atoms with Crippen LogP contribution in [0.15, 0.2) is 84.0 Å². The molecule has 8 nitrogen and oxygen atoms in total. The van der Waals surface area contributed by atoms with E-state index in [1.807, 2.05) is 59.4 Å². The van der Waals surface area contributed by atoms with Gasteiger partial charge in [0.15, 0.2) is 0 Å². The van der Waals surface area contributed by atoms with Crippen molar-refractivity contribution in [3.8, 4) is 17.1 Å². The van der Waals surface area contributed by atoms with Crippen LogP contribution in [-0.4, -0.2) is 43.9 Å². The molecule has 3 heterocycles. The summed E-state index contributed by atoms with van der Waals surface area (Å²) >= 11 is 0. The first-order valence-corrected chi connectivity index (χ1v) is 11.2. The van der Waals surface area contributed by atoms with Gasteiger partial charge in [0, 0.05) is 17.7 Å². The standard InChI is InChI=1S/C26H23N7O.ClH/c1-2-4-18(5-3-1)15-33-16-21(31-32-33)17-34-22-9-6-19(7-10-22)26-29-23-11-8-20(14-24(23)30-26)25-27-12-13-28-25;/h1-11,14,16H,12-13,15,17H2,(H,27,28)(H,29,30);1H. The number of hydrogen-bond donors (Lipinski definition) is 2. The van der Waals surface area contributed by atoms with Gasteiger partial charge in [0.05, 0.1) is 30.3 Å². The number of imidazole rings is 1. The van der Waals surface area contributed by atoms with Gasteiger partial charge in [0.25, 0.3) is 0 Å². The van der Waals surface area contributed by atoms with Crippen LogP contribution in [0.3, 0.4) is 0 Å². The molecule has 0 bridgehead atoms. The Balaban J connectivity index is 0.00000253. The molecule has 2 N–H and O–H groups in total. The van der Waals surface area contributed by atoms with Gasteiger partial charge in [-0.05, 0) is 48.0 Å². The number of rotatable bonds is 7.